The molecule has 0 atom stereocenters. The number of fused-ring (bicyclic) bond motifs is 1. The van der Waals surface area contributed by atoms with Crippen LogP contribution in [0.25, 0.3) is 10.8 Å². The van der Waals surface area contributed by atoms with Crippen molar-refractivity contribution >= 4 is 16.8 Å². The van der Waals surface area contributed by atoms with E-state index in [2.05, 4.69) is 11.4 Å². The highest BCUT2D eigenvalue weighted by Gasteiger charge is 2.18. The molecule has 0 heterocycles. The number of benzene rings is 3. The summed E-state index contributed by atoms with van der Waals surface area (Å²) in [6.45, 7) is 0.779. The number of methoxy groups -OCH3 is 4. The third-order valence-corrected chi connectivity index (χ3v) is 5.10. The minimum Gasteiger partial charge on any atom is -0.497 e. The van der Waals surface area contributed by atoms with Crippen molar-refractivity contribution in [1.29, 1.82) is 0 Å². The number of nitrogens with one attached hydrogen (secondary N) is 1. The lowest BCUT2D eigenvalue weighted by atomic mass is 10.1. The maximum absolute atomic E-state index is 12.6. The Bertz CT molecular complexity index is 1070. The number of hydrogen-bond donors (Lipinski definition) is 1. The second-order valence-electron chi connectivity index (χ2n) is 7.06. The number of nitrogens with zero attached hydrogens (tertiary/aromatic N) is 1. The van der Waals surface area contributed by atoms with E-state index in [0.29, 0.717) is 30.3 Å². The van der Waals surface area contributed by atoms with E-state index in [1.807, 2.05) is 36.4 Å². The number of rotatable bonds is 8. The average molecular weight is 424 g/mol. The molecule has 0 spiro atoms. The molecule has 0 saturated carbocycles. The van der Waals surface area contributed by atoms with Crippen LogP contribution in [-0.4, -0.2) is 46.4 Å². The van der Waals surface area contributed by atoms with Crippen LogP contribution in [0.5, 0.6) is 23.0 Å². The average Bonchev–Trinajstić information content (AvgIpc) is 2.81. The number of carbonyl (C=O) groups is 1. The van der Waals surface area contributed by atoms with Crippen LogP contribution in [0, 0.1) is 0 Å². The van der Waals surface area contributed by atoms with Crippen LogP contribution in [0.1, 0.15) is 11.1 Å². The van der Waals surface area contributed by atoms with Crippen LogP contribution >= 0.6 is 0 Å². The molecule has 0 aliphatic carbocycles. The van der Waals surface area contributed by atoms with E-state index in [-0.39, 0.29) is 6.03 Å². The molecule has 0 unspecified atom stereocenters. The zero-order chi connectivity index (χ0) is 22.4. The van der Waals surface area contributed by atoms with E-state index < -0.39 is 0 Å². The molecule has 0 aromatic heterocycles. The molecular formula is C24H28N2O5. The smallest absolute Gasteiger partial charge is 0.317 e. The summed E-state index contributed by atoms with van der Waals surface area (Å²) in [5, 5.41) is 5.14. The van der Waals surface area contributed by atoms with Crippen molar-refractivity contribution in [1.82, 2.24) is 10.2 Å². The topological polar surface area (TPSA) is 69.3 Å². The summed E-state index contributed by atoms with van der Waals surface area (Å²) >= 11 is 0. The molecule has 3 aromatic carbocycles. The molecule has 2 amide bonds. The lowest BCUT2D eigenvalue weighted by Gasteiger charge is -2.21. The van der Waals surface area contributed by atoms with Gasteiger partial charge in [-0.25, -0.2) is 4.79 Å². The summed E-state index contributed by atoms with van der Waals surface area (Å²) in [5.74, 6) is 2.44. The first-order valence-corrected chi connectivity index (χ1v) is 9.84. The van der Waals surface area contributed by atoms with Gasteiger partial charge in [-0.1, -0.05) is 18.2 Å². The normalized spacial score (nSPS) is 10.5. The van der Waals surface area contributed by atoms with Gasteiger partial charge in [-0.15, -0.1) is 0 Å². The van der Waals surface area contributed by atoms with Gasteiger partial charge in [0.25, 0.3) is 0 Å². The third-order valence-electron chi connectivity index (χ3n) is 5.10. The fraction of sp³-hybridized carbons (Fsp3) is 0.292. The van der Waals surface area contributed by atoms with Gasteiger partial charge in [0.1, 0.15) is 5.75 Å². The van der Waals surface area contributed by atoms with E-state index in [0.717, 1.165) is 27.6 Å². The SMILES string of the molecule is COc1ccc2cc(CNC(=O)N(C)Cc3ccc(OC)c(OC)c3OC)ccc2c1. The van der Waals surface area contributed by atoms with Crippen molar-refractivity contribution in [2.75, 3.05) is 35.5 Å². The molecule has 1 N–H and O–H groups in total. The van der Waals surface area contributed by atoms with Crippen molar-refractivity contribution < 1.29 is 23.7 Å². The summed E-state index contributed by atoms with van der Waals surface area (Å²) in [5.41, 5.74) is 1.83. The highest BCUT2D eigenvalue weighted by molar-refractivity contribution is 5.84. The molecule has 0 saturated heterocycles. The van der Waals surface area contributed by atoms with E-state index >= 15 is 0 Å². The summed E-state index contributed by atoms with van der Waals surface area (Å²) < 4.78 is 21.5. The van der Waals surface area contributed by atoms with Crippen LogP contribution in [0.15, 0.2) is 48.5 Å². The monoisotopic (exact) mass is 424 g/mol. The van der Waals surface area contributed by atoms with Crippen molar-refractivity contribution in [3.63, 3.8) is 0 Å². The maximum atomic E-state index is 12.6. The molecule has 0 bridgehead atoms. The van der Waals surface area contributed by atoms with Crippen LogP contribution in [0.2, 0.25) is 0 Å². The molecular weight excluding hydrogens is 396 g/mol. The van der Waals surface area contributed by atoms with Gasteiger partial charge < -0.3 is 29.2 Å². The quantitative estimate of drug-likeness (QED) is 0.587. The molecule has 7 heteroatoms. The van der Waals surface area contributed by atoms with E-state index in [1.54, 1.807) is 46.5 Å². The van der Waals surface area contributed by atoms with Gasteiger partial charge >= 0.3 is 6.03 Å². The van der Waals surface area contributed by atoms with Gasteiger partial charge in [-0.3, -0.25) is 0 Å². The second kappa shape index (κ2) is 9.93. The summed E-state index contributed by atoms with van der Waals surface area (Å²) in [4.78, 5) is 14.2. The Morgan fingerprint density at radius 3 is 2.23 bits per heavy atom. The van der Waals surface area contributed by atoms with Gasteiger partial charge in [-0.2, -0.15) is 0 Å². The Morgan fingerprint density at radius 1 is 0.839 bits per heavy atom. The third kappa shape index (κ3) is 4.94. The first kappa shape index (κ1) is 22.1. The van der Waals surface area contributed by atoms with Crippen molar-refractivity contribution in [3.05, 3.63) is 59.7 Å². The predicted molar refractivity (Wildman–Crippen MR) is 120 cm³/mol. The Labute approximate surface area is 182 Å². The number of urea groups is 1. The zero-order valence-electron chi connectivity index (χ0n) is 18.5. The molecule has 0 aliphatic rings. The molecule has 3 rings (SSSR count). The maximum Gasteiger partial charge on any atom is 0.317 e. The number of amides is 2. The minimum absolute atomic E-state index is 0.188. The molecule has 0 aliphatic heterocycles. The Hall–Kier alpha value is -3.61. The summed E-state index contributed by atoms with van der Waals surface area (Å²) in [6, 6.07) is 15.5. The van der Waals surface area contributed by atoms with E-state index in [9.17, 15) is 4.79 Å². The molecule has 3 aromatic rings. The molecule has 7 nitrogen and oxygen atoms in total. The lowest BCUT2D eigenvalue weighted by molar-refractivity contribution is 0.205. The predicted octanol–water partition coefficient (Wildman–Crippen LogP) is 4.22. The van der Waals surface area contributed by atoms with Crippen molar-refractivity contribution in [2.45, 2.75) is 13.1 Å². The van der Waals surface area contributed by atoms with E-state index in [1.165, 1.54) is 0 Å². The van der Waals surface area contributed by atoms with Gasteiger partial charge in [0, 0.05) is 19.2 Å². The standard InChI is InChI=1S/C24H28N2O5/c1-26(15-19-9-11-21(29-3)23(31-5)22(19)30-4)24(27)25-14-16-6-7-18-13-20(28-2)10-8-17(18)12-16/h6-13H,14-15H2,1-5H3,(H,25,27). The molecule has 31 heavy (non-hydrogen) atoms. The fourth-order valence-electron chi connectivity index (χ4n) is 3.44. The molecule has 0 radical (unpaired) electrons. The highest BCUT2D eigenvalue weighted by Crippen LogP contribution is 2.40. The van der Waals surface area contributed by atoms with Crippen LogP contribution in [-0.2, 0) is 13.1 Å². The molecule has 0 fully saturated rings. The fourth-order valence-corrected chi connectivity index (χ4v) is 3.44. The van der Waals surface area contributed by atoms with Crippen LogP contribution < -0.4 is 24.3 Å². The minimum atomic E-state index is -0.188. The Morgan fingerprint density at radius 2 is 1.55 bits per heavy atom. The highest BCUT2D eigenvalue weighted by atomic mass is 16.5. The van der Waals surface area contributed by atoms with Gasteiger partial charge in [0.2, 0.25) is 5.75 Å². The molecule has 164 valence electrons. The number of hydrogen-bond acceptors (Lipinski definition) is 5. The number of carbonyl (C=O) groups excluding carboxylic acids is 1. The second-order valence-corrected chi connectivity index (χ2v) is 7.06. The summed E-state index contributed by atoms with van der Waals surface area (Å²) in [6.07, 6.45) is 0. The lowest BCUT2D eigenvalue weighted by Crippen LogP contribution is -2.36. The van der Waals surface area contributed by atoms with Gasteiger partial charge in [0.05, 0.1) is 35.0 Å². The zero-order valence-corrected chi connectivity index (χ0v) is 18.5. The van der Waals surface area contributed by atoms with Gasteiger partial charge in [0.15, 0.2) is 11.5 Å². The largest absolute Gasteiger partial charge is 0.497 e. The van der Waals surface area contributed by atoms with Crippen molar-refractivity contribution in [3.8, 4) is 23.0 Å². The first-order valence-electron chi connectivity index (χ1n) is 9.84. The Balaban J connectivity index is 1.67. The summed E-state index contributed by atoms with van der Waals surface area (Å²) in [7, 11) is 8.08. The Kier molecular flexibility index (Phi) is 7.07. The van der Waals surface area contributed by atoms with Crippen molar-refractivity contribution in [2.24, 2.45) is 0 Å². The van der Waals surface area contributed by atoms with E-state index in [4.69, 9.17) is 18.9 Å². The van der Waals surface area contributed by atoms with Crippen LogP contribution in [0.3, 0.4) is 0 Å². The first-order chi connectivity index (χ1) is 15.0. The van der Waals surface area contributed by atoms with Gasteiger partial charge in [-0.05, 0) is 46.7 Å². The number of ether oxygens (including phenoxy) is 4. The van der Waals surface area contributed by atoms with Crippen LogP contribution in [0.4, 0.5) is 4.79 Å².